The van der Waals surface area contributed by atoms with Crippen LogP contribution in [-0.2, 0) is 0 Å². The Morgan fingerprint density at radius 1 is 0.587 bits per heavy atom. The molecule has 0 atom stereocenters. The third kappa shape index (κ3) is 5.88. The molecule has 0 bridgehead atoms. The Hall–Kier alpha value is -4.96. The lowest BCUT2D eigenvalue weighted by molar-refractivity contribution is 0.588. The second kappa shape index (κ2) is 12.4. The van der Waals surface area contributed by atoms with Gasteiger partial charge in [-0.3, -0.25) is 4.98 Å². The van der Waals surface area contributed by atoms with Crippen LogP contribution >= 0.6 is 0 Å². The Kier molecular flexibility index (Phi) is 8.40. The summed E-state index contributed by atoms with van der Waals surface area (Å²) in [4.78, 5) is 9.77. The smallest absolute Gasteiger partial charge is 0.266 e. The first-order valence-electron chi connectivity index (χ1n) is 16.0. The highest BCUT2D eigenvalue weighted by molar-refractivity contribution is 6.96. The van der Waals surface area contributed by atoms with Crippen molar-refractivity contribution in [2.45, 2.75) is 55.4 Å². The highest BCUT2D eigenvalue weighted by Gasteiger charge is 2.29. The summed E-state index contributed by atoms with van der Waals surface area (Å²) in [5.41, 5.74) is 19.2. The van der Waals surface area contributed by atoms with Crippen LogP contribution in [0.2, 0.25) is 0 Å². The molecule has 0 aliphatic carbocycles. The summed E-state index contributed by atoms with van der Waals surface area (Å²) < 4.78 is 6.35. The molecule has 0 fully saturated rings. The summed E-state index contributed by atoms with van der Waals surface area (Å²) in [6.07, 6.45) is 5.62. The molecule has 2 heterocycles. The molecule has 2 aromatic heterocycles. The maximum atomic E-state index is 6.35. The van der Waals surface area contributed by atoms with E-state index in [1.165, 1.54) is 61.0 Å². The second-order valence-electron chi connectivity index (χ2n) is 12.9. The molecule has 6 rings (SSSR count). The van der Waals surface area contributed by atoms with Crippen LogP contribution in [0.4, 0.5) is 0 Å². The van der Waals surface area contributed by atoms with Crippen molar-refractivity contribution in [1.29, 1.82) is 0 Å². The normalized spacial score (nSPS) is 11.1. The van der Waals surface area contributed by atoms with Crippen LogP contribution in [0.25, 0.3) is 40.0 Å². The van der Waals surface area contributed by atoms with E-state index in [0.29, 0.717) is 11.7 Å². The summed E-state index contributed by atoms with van der Waals surface area (Å²) in [6.45, 7) is 21.5. The molecule has 0 radical (unpaired) electrons. The number of pyridine rings is 1. The number of aryl methyl sites for hydroxylation is 8. The van der Waals surface area contributed by atoms with Crippen LogP contribution in [0.5, 0.6) is 0 Å². The van der Waals surface area contributed by atoms with Crippen molar-refractivity contribution >= 4 is 29.3 Å². The van der Waals surface area contributed by atoms with E-state index >= 15 is 0 Å². The van der Waals surface area contributed by atoms with Crippen LogP contribution < -0.4 is 16.5 Å². The first kappa shape index (κ1) is 31.0. The van der Waals surface area contributed by atoms with Crippen LogP contribution in [-0.4, -0.2) is 16.7 Å². The molecule has 0 saturated heterocycles. The Balaban J connectivity index is 1.36. The van der Waals surface area contributed by atoms with E-state index in [1.54, 1.807) is 6.20 Å². The predicted molar refractivity (Wildman–Crippen MR) is 196 cm³/mol. The van der Waals surface area contributed by atoms with Gasteiger partial charge in [0.05, 0.1) is 6.20 Å². The molecular formula is C42H41BN2O. The van der Waals surface area contributed by atoms with E-state index in [4.69, 9.17) is 9.40 Å². The van der Waals surface area contributed by atoms with Crippen LogP contribution in [0.15, 0.2) is 96.2 Å². The van der Waals surface area contributed by atoms with Crippen molar-refractivity contribution < 1.29 is 4.42 Å². The fourth-order valence-corrected chi connectivity index (χ4v) is 7.37. The Bertz CT molecular complexity index is 1980. The number of oxazole rings is 1. The molecule has 0 spiro atoms. The summed E-state index contributed by atoms with van der Waals surface area (Å²) >= 11 is 0. The van der Waals surface area contributed by atoms with Crippen molar-refractivity contribution in [3.8, 4) is 33.9 Å². The zero-order valence-electron chi connectivity index (χ0n) is 28.2. The Morgan fingerprint density at radius 2 is 1.15 bits per heavy atom. The van der Waals surface area contributed by atoms with Gasteiger partial charge in [-0.25, -0.2) is 4.98 Å². The van der Waals surface area contributed by atoms with E-state index < -0.39 is 0 Å². The molecule has 6 aromatic rings. The molecule has 0 aliphatic heterocycles. The molecule has 4 heteroatoms. The number of nitrogens with zero attached hydrogens (tertiary/aromatic N) is 2. The van der Waals surface area contributed by atoms with Gasteiger partial charge < -0.3 is 4.42 Å². The third-order valence-electron chi connectivity index (χ3n) is 9.11. The van der Waals surface area contributed by atoms with Crippen molar-refractivity contribution in [3.05, 3.63) is 142 Å². The van der Waals surface area contributed by atoms with E-state index in [-0.39, 0.29) is 6.71 Å². The minimum Gasteiger partial charge on any atom is -0.436 e. The maximum Gasteiger partial charge on any atom is 0.266 e. The van der Waals surface area contributed by atoms with Gasteiger partial charge in [-0.1, -0.05) is 105 Å². The fourth-order valence-electron chi connectivity index (χ4n) is 7.37. The minimum absolute atomic E-state index is 0.0238. The Morgan fingerprint density at radius 3 is 1.67 bits per heavy atom. The first-order chi connectivity index (χ1) is 22.0. The monoisotopic (exact) mass is 600 g/mol. The number of hydrogen-bond donors (Lipinski definition) is 0. The average molecular weight is 601 g/mol. The summed E-state index contributed by atoms with van der Waals surface area (Å²) in [5.74, 6) is 1.29. The zero-order chi connectivity index (χ0) is 32.7. The SMILES string of the molecule is C=Cc1cc(C)c(-c2cccc(-c3ncc(-c4ccc(B(c5c(C)cc(C)cc5C)c5c(C)cc(C)cc5C)nc4)o3)c2)c(C)c1. The number of rotatable bonds is 7. The Labute approximate surface area is 274 Å². The molecule has 3 nitrogen and oxygen atoms in total. The maximum absolute atomic E-state index is 6.35. The lowest BCUT2D eigenvalue weighted by atomic mass is 9.35. The van der Waals surface area contributed by atoms with Crippen LogP contribution in [0.1, 0.15) is 50.1 Å². The molecule has 0 saturated carbocycles. The van der Waals surface area contributed by atoms with E-state index in [0.717, 1.165) is 27.8 Å². The standard InChI is InChI=1S/C42H41BN2O/c1-10-33-20-27(4)39(28(5)21-33)34-12-11-13-35(22-34)42-45-24-37(46-42)36-14-15-38(44-23-36)43(40-29(6)16-25(2)17-30(40)7)41-31(8)18-26(3)19-32(41)9/h10-24H,1H2,2-9H3. The van der Waals surface area contributed by atoms with Gasteiger partial charge in [-0.2, -0.15) is 0 Å². The highest BCUT2D eigenvalue weighted by atomic mass is 16.4. The van der Waals surface area contributed by atoms with Gasteiger partial charge in [0.15, 0.2) is 5.76 Å². The number of hydrogen-bond acceptors (Lipinski definition) is 3. The van der Waals surface area contributed by atoms with E-state index in [1.807, 2.05) is 18.3 Å². The lowest BCUT2D eigenvalue weighted by Crippen LogP contribution is -2.56. The average Bonchev–Trinajstić information content (AvgIpc) is 3.50. The van der Waals surface area contributed by atoms with Gasteiger partial charge in [0.2, 0.25) is 5.89 Å². The first-order valence-corrected chi connectivity index (χ1v) is 16.0. The summed E-state index contributed by atoms with van der Waals surface area (Å²) in [5, 5.41) is 0. The number of aromatic nitrogens is 2. The van der Waals surface area contributed by atoms with Gasteiger partial charge in [0.1, 0.15) is 0 Å². The van der Waals surface area contributed by atoms with E-state index in [9.17, 15) is 0 Å². The molecule has 0 N–H and O–H groups in total. The molecule has 228 valence electrons. The predicted octanol–water partition coefficient (Wildman–Crippen LogP) is 8.70. The quantitative estimate of drug-likeness (QED) is 0.172. The summed E-state index contributed by atoms with van der Waals surface area (Å²) in [6, 6.07) is 26.2. The van der Waals surface area contributed by atoms with Crippen molar-refractivity contribution in [2.75, 3.05) is 0 Å². The molecule has 0 unspecified atom stereocenters. The van der Waals surface area contributed by atoms with Gasteiger partial charge in [0.25, 0.3) is 6.71 Å². The van der Waals surface area contributed by atoms with E-state index in [2.05, 4.69) is 134 Å². The molecule has 0 aliphatic rings. The van der Waals surface area contributed by atoms with Crippen LogP contribution in [0, 0.1) is 55.4 Å². The van der Waals surface area contributed by atoms with Gasteiger partial charge in [0, 0.05) is 22.9 Å². The summed E-state index contributed by atoms with van der Waals surface area (Å²) in [7, 11) is 0. The largest absolute Gasteiger partial charge is 0.436 e. The number of benzene rings is 4. The third-order valence-corrected chi connectivity index (χ3v) is 9.11. The van der Waals surface area contributed by atoms with Gasteiger partial charge >= 0.3 is 0 Å². The second-order valence-corrected chi connectivity index (χ2v) is 12.9. The van der Waals surface area contributed by atoms with Crippen molar-refractivity contribution in [2.24, 2.45) is 0 Å². The molecular weight excluding hydrogens is 559 g/mol. The zero-order valence-corrected chi connectivity index (χ0v) is 28.2. The van der Waals surface area contributed by atoms with Gasteiger partial charge in [-0.15, -0.1) is 0 Å². The minimum atomic E-state index is 0.0238. The highest BCUT2D eigenvalue weighted by Crippen LogP contribution is 2.33. The fraction of sp³-hybridized carbons (Fsp3) is 0.190. The topological polar surface area (TPSA) is 38.9 Å². The van der Waals surface area contributed by atoms with Crippen LogP contribution in [0.3, 0.4) is 0 Å². The molecule has 0 amide bonds. The van der Waals surface area contributed by atoms with Crippen molar-refractivity contribution in [3.63, 3.8) is 0 Å². The lowest BCUT2D eigenvalue weighted by Gasteiger charge is -2.24. The molecule has 46 heavy (non-hydrogen) atoms. The van der Waals surface area contributed by atoms with Gasteiger partial charge in [-0.05, 0) is 107 Å². The van der Waals surface area contributed by atoms with Crippen molar-refractivity contribution in [1.82, 2.24) is 9.97 Å². The molecule has 4 aromatic carbocycles.